The van der Waals surface area contributed by atoms with Crippen LogP contribution in [0.15, 0.2) is 42.7 Å². The lowest BCUT2D eigenvalue weighted by atomic mass is 10.1. The molecule has 1 aromatic heterocycles. The predicted molar refractivity (Wildman–Crippen MR) is 92.8 cm³/mol. The van der Waals surface area contributed by atoms with E-state index in [1.165, 1.54) is 13.4 Å². The SMILES string of the molecule is COc1ccc(C(C)Nc2ncnc3cc(OC)c(O)cc23)cc1. The Labute approximate surface area is 140 Å². The molecule has 0 fully saturated rings. The highest BCUT2D eigenvalue weighted by molar-refractivity contribution is 5.91. The lowest BCUT2D eigenvalue weighted by molar-refractivity contribution is 0.374. The van der Waals surface area contributed by atoms with Gasteiger partial charge in [-0.3, -0.25) is 0 Å². The molecule has 0 amide bonds. The maximum absolute atomic E-state index is 10.0. The first kappa shape index (κ1) is 15.9. The van der Waals surface area contributed by atoms with Gasteiger partial charge in [0, 0.05) is 17.5 Å². The molecule has 1 heterocycles. The number of benzene rings is 2. The highest BCUT2D eigenvalue weighted by Gasteiger charge is 2.12. The number of phenols is 1. The molecule has 1 atom stereocenters. The van der Waals surface area contributed by atoms with Crippen LogP contribution in [0.3, 0.4) is 0 Å². The Hall–Kier alpha value is -3.02. The number of phenolic OH excluding ortho intramolecular Hbond substituents is 1. The van der Waals surface area contributed by atoms with E-state index in [9.17, 15) is 5.11 Å². The molecule has 0 saturated carbocycles. The molecule has 24 heavy (non-hydrogen) atoms. The Bertz CT molecular complexity index is 850. The highest BCUT2D eigenvalue weighted by atomic mass is 16.5. The number of rotatable bonds is 5. The van der Waals surface area contributed by atoms with Crippen LogP contribution in [0.5, 0.6) is 17.2 Å². The van der Waals surface area contributed by atoms with E-state index < -0.39 is 0 Å². The maximum atomic E-state index is 10.0. The van der Waals surface area contributed by atoms with Crippen molar-refractivity contribution >= 4 is 16.7 Å². The fourth-order valence-electron chi connectivity index (χ4n) is 2.53. The normalized spacial score (nSPS) is 12.0. The average molecular weight is 325 g/mol. The number of aromatic hydroxyl groups is 1. The van der Waals surface area contributed by atoms with Crippen LogP contribution in [0.1, 0.15) is 18.5 Å². The number of hydrogen-bond acceptors (Lipinski definition) is 6. The number of anilines is 1. The van der Waals surface area contributed by atoms with E-state index in [0.29, 0.717) is 17.1 Å². The molecule has 6 nitrogen and oxygen atoms in total. The summed E-state index contributed by atoms with van der Waals surface area (Å²) in [7, 11) is 3.15. The lowest BCUT2D eigenvalue weighted by Gasteiger charge is -2.17. The summed E-state index contributed by atoms with van der Waals surface area (Å²) in [5.74, 6) is 1.91. The van der Waals surface area contributed by atoms with E-state index in [2.05, 4.69) is 15.3 Å². The van der Waals surface area contributed by atoms with Crippen LogP contribution in [-0.2, 0) is 0 Å². The van der Waals surface area contributed by atoms with E-state index in [1.807, 2.05) is 31.2 Å². The van der Waals surface area contributed by atoms with Gasteiger partial charge in [-0.15, -0.1) is 0 Å². The highest BCUT2D eigenvalue weighted by Crippen LogP contribution is 2.33. The fourth-order valence-corrected chi connectivity index (χ4v) is 2.53. The van der Waals surface area contributed by atoms with Crippen LogP contribution < -0.4 is 14.8 Å². The second kappa shape index (κ2) is 6.62. The van der Waals surface area contributed by atoms with E-state index in [0.717, 1.165) is 16.7 Å². The van der Waals surface area contributed by atoms with Gasteiger partial charge in [-0.2, -0.15) is 0 Å². The Morgan fingerprint density at radius 1 is 1.04 bits per heavy atom. The minimum absolute atomic E-state index is 0.0262. The summed E-state index contributed by atoms with van der Waals surface area (Å²) in [6.45, 7) is 2.04. The van der Waals surface area contributed by atoms with Crippen molar-refractivity contribution in [1.82, 2.24) is 9.97 Å². The molecule has 0 aliphatic carbocycles. The first-order chi connectivity index (χ1) is 11.6. The largest absolute Gasteiger partial charge is 0.504 e. The van der Waals surface area contributed by atoms with E-state index in [1.54, 1.807) is 19.2 Å². The van der Waals surface area contributed by atoms with E-state index >= 15 is 0 Å². The zero-order valence-electron chi connectivity index (χ0n) is 13.8. The number of fused-ring (bicyclic) bond motifs is 1. The maximum Gasteiger partial charge on any atom is 0.162 e. The van der Waals surface area contributed by atoms with Gasteiger partial charge in [-0.05, 0) is 30.7 Å². The van der Waals surface area contributed by atoms with Gasteiger partial charge in [0.2, 0.25) is 0 Å². The van der Waals surface area contributed by atoms with Gasteiger partial charge in [-0.1, -0.05) is 12.1 Å². The number of nitrogens with one attached hydrogen (secondary N) is 1. The Morgan fingerprint density at radius 2 is 1.79 bits per heavy atom. The van der Waals surface area contributed by atoms with Crippen molar-refractivity contribution in [2.24, 2.45) is 0 Å². The zero-order chi connectivity index (χ0) is 17.1. The predicted octanol–water partition coefficient (Wildman–Crippen LogP) is 3.53. The molecule has 0 aliphatic rings. The van der Waals surface area contributed by atoms with Crippen molar-refractivity contribution in [3.63, 3.8) is 0 Å². The number of aromatic nitrogens is 2. The van der Waals surface area contributed by atoms with Crippen LogP contribution >= 0.6 is 0 Å². The monoisotopic (exact) mass is 325 g/mol. The Balaban J connectivity index is 1.92. The van der Waals surface area contributed by atoms with Crippen LogP contribution in [0.25, 0.3) is 10.9 Å². The van der Waals surface area contributed by atoms with Crippen molar-refractivity contribution in [3.8, 4) is 17.2 Å². The molecule has 2 N–H and O–H groups in total. The van der Waals surface area contributed by atoms with Gasteiger partial charge >= 0.3 is 0 Å². The number of hydrogen-bond donors (Lipinski definition) is 2. The Morgan fingerprint density at radius 3 is 2.46 bits per heavy atom. The van der Waals surface area contributed by atoms with Crippen molar-refractivity contribution in [3.05, 3.63) is 48.3 Å². The van der Waals surface area contributed by atoms with Gasteiger partial charge in [0.15, 0.2) is 11.5 Å². The smallest absolute Gasteiger partial charge is 0.162 e. The quantitative estimate of drug-likeness (QED) is 0.747. The first-order valence-corrected chi connectivity index (χ1v) is 7.54. The molecular weight excluding hydrogens is 306 g/mol. The molecule has 0 radical (unpaired) electrons. The number of methoxy groups -OCH3 is 2. The third-order valence-corrected chi connectivity index (χ3v) is 3.90. The molecular formula is C18H19N3O3. The summed E-state index contributed by atoms with van der Waals surface area (Å²) in [6, 6.07) is 11.2. The van der Waals surface area contributed by atoms with Crippen LogP contribution in [0, 0.1) is 0 Å². The van der Waals surface area contributed by atoms with Crippen molar-refractivity contribution in [2.45, 2.75) is 13.0 Å². The minimum atomic E-state index is 0.0262. The summed E-state index contributed by atoms with van der Waals surface area (Å²) in [4.78, 5) is 8.54. The van der Waals surface area contributed by atoms with Gasteiger partial charge in [0.25, 0.3) is 0 Å². The summed E-state index contributed by atoms with van der Waals surface area (Å²) < 4.78 is 10.3. The average Bonchev–Trinajstić information content (AvgIpc) is 2.61. The molecule has 6 heteroatoms. The van der Waals surface area contributed by atoms with Gasteiger partial charge in [0.05, 0.1) is 19.7 Å². The van der Waals surface area contributed by atoms with Gasteiger partial charge in [0.1, 0.15) is 17.9 Å². The third-order valence-electron chi connectivity index (χ3n) is 3.90. The lowest BCUT2D eigenvalue weighted by Crippen LogP contribution is -2.08. The second-order valence-electron chi connectivity index (χ2n) is 5.40. The summed E-state index contributed by atoms with van der Waals surface area (Å²) in [5.41, 5.74) is 1.80. The number of nitrogens with zero attached hydrogens (tertiary/aromatic N) is 2. The second-order valence-corrected chi connectivity index (χ2v) is 5.40. The number of ether oxygens (including phenoxy) is 2. The molecule has 124 valence electrons. The van der Waals surface area contributed by atoms with Crippen LogP contribution in [-0.4, -0.2) is 29.3 Å². The standard InChI is InChI=1S/C18H19N3O3/c1-11(12-4-6-13(23-2)7-5-12)21-18-14-8-16(22)17(24-3)9-15(14)19-10-20-18/h4-11,22H,1-3H3,(H,19,20,21). The molecule has 3 aromatic rings. The third kappa shape index (κ3) is 3.03. The van der Waals surface area contributed by atoms with Crippen LogP contribution in [0.2, 0.25) is 0 Å². The molecule has 1 unspecified atom stereocenters. The summed E-state index contributed by atoms with van der Waals surface area (Å²) in [6.07, 6.45) is 1.49. The van der Waals surface area contributed by atoms with Gasteiger partial charge in [-0.25, -0.2) is 9.97 Å². The van der Waals surface area contributed by atoms with E-state index in [4.69, 9.17) is 9.47 Å². The van der Waals surface area contributed by atoms with Gasteiger partial charge < -0.3 is 19.9 Å². The van der Waals surface area contributed by atoms with Crippen LogP contribution in [0.4, 0.5) is 5.82 Å². The topological polar surface area (TPSA) is 76.5 Å². The van der Waals surface area contributed by atoms with E-state index in [-0.39, 0.29) is 11.8 Å². The first-order valence-electron chi connectivity index (χ1n) is 7.54. The zero-order valence-corrected chi connectivity index (χ0v) is 13.8. The molecule has 0 bridgehead atoms. The molecule has 0 saturated heterocycles. The summed E-state index contributed by atoms with van der Waals surface area (Å²) in [5, 5.41) is 14.1. The van der Waals surface area contributed by atoms with Crippen molar-refractivity contribution < 1.29 is 14.6 Å². The molecule has 0 spiro atoms. The molecule has 3 rings (SSSR count). The molecule has 0 aliphatic heterocycles. The Kier molecular flexibility index (Phi) is 4.37. The van der Waals surface area contributed by atoms with Crippen molar-refractivity contribution in [1.29, 1.82) is 0 Å². The summed E-state index contributed by atoms with van der Waals surface area (Å²) >= 11 is 0. The van der Waals surface area contributed by atoms with Crippen molar-refractivity contribution in [2.75, 3.05) is 19.5 Å². The minimum Gasteiger partial charge on any atom is -0.504 e. The molecule has 2 aromatic carbocycles. The fraction of sp³-hybridized carbons (Fsp3) is 0.222.